The molecule has 1 aromatic heterocycles. The Hall–Kier alpha value is -7.65. The van der Waals surface area contributed by atoms with Gasteiger partial charge in [-0.3, -0.25) is 4.99 Å². The highest BCUT2D eigenvalue weighted by Gasteiger charge is 2.18. The van der Waals surface area contributed by atoms with Gasteiger partial charge in [0.05, 0.1) is 12.3 Å². The number of rotatable bonds is 9. The minimum atomic E-state index is 0.578. The first-order valence-electron chi connectivity index (χ1n) is 21.7. The number of allylic oxidation sites excluding steroid dienone is 4. The molecular formula is C61H43NS. The van der Waals surface area contributed by atoms with Gasteiger partial charge in [0.25, 0.3) is 0 Å². The number of thiophene rings is 1. The lowest BCUT2D eigenvalue weighted by Crippen LogP contribution is -2.01. The smallest absolute Gasteiger partial charge is 0.0663 e. The molecule has 11 rings (SSSR count). The fraction of sp³-hybridized carbons (Fsp3) is 0.0328. The normalized spacial score (nSPS) is 12.4. The Labute approximate surface area is 372 Å². The molecule has 1 nitrogen and oxygen atoms in total. The second-order valence-electron chi connectivity index (χ2n) is 16.2. The van der Waals surface area contributed by atoms with E-state index in [4.69, 9.17) is 4.99 Å². The van der Waals surface area contributed by atoms with E-state index in [1.165, 1.54) is 91.4 Å². The molecule has 0 aliphatic carbocycles. The molecule has 0 spiro atoms. The zero-order chi connectivity index (χ0) is 42.1. The van der Waals surface area contributed by atoms with Crippen molar-refractivity contribution in [2.24, 2.45) is 4.99 Å². The van der Waals surface area contributed by atoms with Crippen molar-refractivity contribution in [2.75, 3.05) is 0 Å². The van der Waals surface area contributed by atoms with E-state index < -0.39 is 0 Å². The summed E-state index contributed by atoms with van der Waals surface area (Å²) in [4.78, 5) is 5.44. The van der Waals surface area contributed by atoms with Gasteiger partial charge in [-0.1, -0.05) is 212 Å². The van der Waals surface area contributed by atoms with Crippen molar-refractivity contribution in [3.63, 3.8) is 0 Å². The Morgan fingerprint density at radius 3 is 1.87 bits per heavy atom. The van der Waals surface area contributed by atoms with E-state index in [1.54, 1.807) is 0 Å². The van der Waals surface area contributed by atoms with Gasteiger partial charge >= 0.3 is 0 Å². The van der Waals surface area contributed by atoms with Crippen molar-refractivity contribution < 1.29 is 0 Å². The summed E-state index contributed by atoms with van der Waals surface area (Å²) in [5, 5.41) is 10.1. The van der Waals surface area contributed by atoms with Crippen LogP contribution in [0.25, 0.3) is 91.4 Å². The summed E-state index contributed by atoms with van der Waals surface area (Å²) in [5.74, 6) is 0. The Morgan fingerprint density at radius 2 is 1.08 bits per heavy atom. The van der Waals surface area contributed by atoms with Crippen LogP contribution in [0.3, 0.4) is 0 Å². The molecule has 11 aromatic rings. The predicted octanol–water partition coefficient (Wildman–Crippen LogP) is 17.2. The molecule has 0 aliphatic heterocycles. The Morgan fingerprint density at radius 1 is 0.476 bits per heavy atom. The van der Waals surface area contributed by atoms with Crippen LogP contribution < -0.4 is 0 Å². The second kappa shape index (κ2) is 16.7. The topological polar surface area (TPSA) is 12.4 Å². The maximum atomic E-state index is 5.44. The van der Waals surface area contributed by atoms with Crippen LogP contribution in [0.15, 0.2) is 236 Å². The molecule has 0 fully saturated rings. The van der Waals surface area contributed by atoms with Gasteiger partial charge < -0.3 is 0 Å². The monoisotopic (exact) mass is 821 g/mol. The van der Waals surface area contributed by atoms with Crippen LogP contribution in [0.1, 0.15) is 23.6 Å². The van der Waals surface area contributed by atoms with E-state index in [9.17, 15) is 0 Å². The van der Waals surface area contributed by atoms with Crippen molar-refractivity contribution in [1.29, 1.82) is 0 Å². The van der Waals surface area contributed by atoms with Gasteiger partial charge in [0.1, 0.15) is 0 Å². The zero-order valence-electron chi connectivity index (χ0n) is 35.0. The van der Waals surface area contributed by atoms with E-state index in [2.05, 4.69) is 237 Å². The molecule has 0 bridgehead atoms. The van der Waals surface area contributed by atoms with E-state index >= 15 is 0 Å². The average Bonchev–Trinajstić information content (AvgIpc) is 3.74. The number of benzene rings is 10. The van der Waals surface area contributed by atoms with Crippen LogP contribution in [0.5, 0.6) is 0 Å². The number of nitrogens with zero attached hydrogens (tertiary/aromatic N) is 1. The predicted molar refractivity (Wildman–Crippen MR) is 274 cm³/mol. The third-order valence-electron chi connectivity index (χ3n) is 12.3. The molecule has 0 N–H and O–H groups in total. The first-order valence-corrected chi connectivity index (χ1v) is 22.5. The summed E-state index contributed by atoms with van der Waals surface area (Å²) >= 11 is 1.88. The van der Waals surface area contributed by atoms with Gasteiger partial charge in [-0.15, -0.1) is 11.3 Å². The van der Waals surface area contributed by atoms with Gasteiger partial charge in [0, 0.05) is 25.7 Å². The van der Waals surface area contributed by atoms with Gasteiger partial charge in [0.2, 0.25) is 0 Å². The first kappa shape index (κ1) is 38.3. The van der Waals surface area contributed by atoms with Crippen molar-refractivity contribution in [3.8, 4) is 33.4 Å². The summed E-state index contributed by atoms with van der Waals surface area (Å²) in [7, 11) is 0. The van der Waals surface area contributed by atoms with E-state index in [-0.39, 0.29) is 0 Å². The molecule has 0 radical (unpaired) electrons. The van der Waals surface area contributed by atoms with Crippen molar-refractivity contribution in [1.82, 2.24) is 0 Å². The summed E-state index contributed by atoms with van der Waals surface area (Å²) in [6, 6.07) is 77.2. The van der Waals surface area contributed by atoms with Gasteiger partial charge in [-0.2, -0.15) is 0 Å². The quantitative estimate of drug-likeness (QED) is 0.102. The summed E-state index contributed by atoms with van der Waals surface area (Å²) < 4.78 is 2.55. The fourth-order valence-corrected chi connectivity index (χ4v) is 10.4. The van der Waals surface area contributed by atoms with Crippen molar-refractivity contribution >= 4 is 75.1 Å². The zero-order valence-corrected chi connectivity index (χ0v) is 35.8. The molecule has 2 heteroatoms. The SMILES string of the molecule is C/C=C/C(=C\C(=N/Cc1ccccc1)c1cc2sc3c(-c4ccc(-c5cccc6ccccc56)cc4)cccc3c2c2ccccc12)c1ccc(-c2ccc3ccccc3c2)cc1. The lowest BCUT2D eigenvalue weighted by atomic mass is 9.93. The minimum absolute atomic E-state index is 0.578. The minimum Gasteiger partial charge on any atom is -0.280 e. The summed E-state index contributed by atoms with van der Waals surface area (Å²) in [6.45, 7) is 2.67. The third kappa shape index (κ3) is 7.35. The molecule has 0 aliphatic rings. The molecule has 0 saturated carbocycles. The van der Waals surface area contributed by atoms with Crippen LogP contribution in [0.4, 0.5) is 0 Å². The van der Waals surface area contributed by atoms with Gasteiger partial charge in [-0.05, 0) is 108 Å². The number of hydrogen-bond donors (Lipinski definition) is 0. The molecule has 0 amide bonds. The number of aliphatic imine (C=N–C) groups is 1. The van der Waals surface area contributed by atoms with Gasteiger partial charge in [-0.25, -0.2) is 0 Å². The average molecular weight is 822 g/mol. The lowest BCUT2D eigenvalue weighted by Gasteiger charge is -2.12. The number of hydrogen-bond acceptors (Lipinski definition) is 2. The standard InChI is InChI=1S/C61H43NS/c1-2-14-48(43-27-29-44(30-28-43)50-36-31-42-17-6-7-19-49(42)37-50)38-58(62-40-41-15-4-3-5-16-41)57-39-59-60(55-23-11-10-22-54(55)57)56-26-13-25-53(61(56)63-59)47-34-32-46(33-35-47)52-24-12-20-45-18-8-9-21-51(45)52/h2-39H,40H2,1H3/b14-2+,48-38+,62-58+. The molecule has 0 unspecified atom stereocenters. The third-order valence-corrected chi connectivity index (χ3v) is 13.5. The summed E-state index contributed by atoms with van der Waals surface area (Å²) in [5.41, 5.74) is 12.9. The van der Waals surface area contributed by atoms with E-state index in [0.717, 1.165) is 22.4 Å². The highest BCUT2D eigenvalue weighted by atomic mass is 32.1. The maximum Gasteiger partial charge on any atom is 0.0663 e. The summed E-state index contributed by atoms with van der Waals surface area (Å²) in [6.07, 6.45) is 6.63. The molecule has 0 saturated heterocycles. The van der Waals surface area contributed by atoms with Crippen LogP contribution in [0.2, 0.25) is 0 Å². The lowest BCUT2D eigenvalue weighted by molar-refractivity contribution is 1.07. The molecule has 10 aromatic carbocycles. The Bertz CT molecular complexity index is 3560. The van der Waals surface area contributed by atoms with Crippen molar-refractivity contribution in [2.45, 2.75) is 13.5 Å². The first-order chi connectivity index (χ1) is 31.2. The van der Waals surface area contributed by atoms with E-state index in [1.807, 2.05) is 11.3 Å². The Kier molecular flexibility index (Phi) is 10.1. The highest BCUT2D eigenvalue weighted by Crippen LogP contribution is 2.44. The Balaban J connectivity index is 1.03. The fourth-order valence-electron chi connectivity index (χ4n) is 9.15. The molecule has 298 valence electrons. The molecular weight excluding hydrogens is 779 g/mol. The molecule has 1 heterocycles. The number of fused-ring (bicyclic) bond motifs is 7. The van der Waals surface area contributed by atoms with Gasteiger partial charge in [0.15, 0.2) is 0 Å². The van der Waals surface area contributed by atoms with Crippen LogP contribution in [-0.2, 0) is 6.54 Å². The van der Waals surface area contributed by atoms with E-state index in [0.29, 0.717) is 6.54 Å². The van der Waals surface area contributed by atoms with Crippen LogP contribution in [-0.4, -0.2) is 5.71 Å². The largest absolute Gasteiger partial charge is 0.280 e. The maximum absolute atomic E-state index is 5.44. The second-order valence-corrected chi connectivity index (χ2v) is 17.2. The van der Waals surface area contributed by atoms with Crippen LogP contribution in [0, 0.1) is 0 Å². The van der Waals surface area contributed by atoms with Crippen molar-refractivity contribution in [3.05, 3.63) is 247 Å². The van der Waals surface area contributed by atoms with Crippen LogP contribution >= 0.6 is 11.3 Å². The molecule has 0 atom stereocenters. The molecule has 63 heavy (non-hydrogen) atoms. The highest BCUT2D eigenvalue weighted by molar-refractivity contribution is 7.26.